The van der Waals surface area contributed by atoms with Gasteiger partial charge in [-0.2, -0.15) is 0 Å². The van der Waals surface area contributed by atoms with Crippen LogP contribution in [0.2, 0.25) is 0 Å². The van der Waals surface area contributed by atoms with Crippen LogP contribution >= 0.6 is 11.8 Å². The summed E-state index contributed by atoms with van der Waals surface area (Å²) in [5.74, 6) is 0.272. The summed E-state index contributed by atoms with van der Waals surface area (Å²) >= 11 is 1.75. The molecule has 2 rings (SSSR count). The number of ketones is 1. The molecule has 0 spiro atoms. The lowest BCUT2D eigenvalue weighted by atomic mass is 10.0. The molecule has 0 heterocycles. The topological polar surface area (TPSA) is 17.1 Å². The van der Waals surface area contributed by atoms with Crippen molar-refractivity contribution in [2.45, 2.75) is 62.2 Å². The fourth-order valence-corrected chi connectivity index (χ4v) is 3.44. The van der Waals surface area contributed by atoms with Gasteiger partial charge in [0, 0.05) is 21.8 Å². The van der Waals surface area contributed by atoms with Crippen molar-refractivity contribution in [3.05, 3.63) is 59.7 Å². The summed E-state index contributed by atoms with van der Waals surface area (Å²) < 4.78 is 0. The van der Waals surface area contributed by atoms with Crippen molar-refractivity contribution >= 4 is 17.5 Å². The number of aryl methyl sites for hydroxylation is 1. The zero-order valence-corrected chi connectivity index (χ0v) is 15.0. The molecule has 0 N–H and O–H groups in total. The molecule has 0 unspecified atom stereocenters. The second-order valence-electron chi connectivity index (χ2n) is 5.98. The lowest BCUT2D eigenvalue weighted by Gasteiger charge is -2.06. The molecule has 0 saturated heterocycles. The quantitative estimate of drug-likeness (QED) is 0.377. The van der Waals surface area contributed by atoms with E-state index in [9.17, 15) is 4.79 Å². The van der Waals surface area contributed by atoms with Crippen molar-refractivity contribution in [2.75, 3.05) is 0 Å². The zero-order valence-electron chi connectivity index (χ0n) is 14.2. The molecule has 122 valence electrons. The molecular formula is C21H26OS. The third-order valence-corrected chi connectivity index (χ3v) is 5.19. The van der Waals surface area contributed by atoms with E-state index in [4.69, 9.17) is 0 Å². The summed E-state index contributed by atoms with van der Waals surface area (Å²) in [4.78, 5) is 14.6. The van der Waals surface area contributed by atoms with Crippen LogP contribution in [0.25, 0.3) is 0 Å². The van der Waals surface area contributed by atoms with E-state index in [1.54, 1.807) is 11.8 Å². The molecule has 23 heavy (non-hydrogen) atoms. The molecule has 1 nitrogen and oxygen atoms in total. The fraction of sp³-hybridized carbons (Fsp3) is 0.381. The van der Waals surface area contributed by atoms with Gasteiger partial charge < -0.3 is 0 Å². The van der Waals surface area contributed by atoms with E-state index < -0.39 is 0 Å². The molecule has 0 aromatic heterocycles. The number of hydrogen-bond acceptors (Lipinski definition) is 2. The number of unbranched alkanes of at least 4 members (excludes halogenated alkanes) is 4. The van der Waals surface area contributed by atoms with E-state index in [1.165, 1.54) is 41.0 Å². The number of carbonyl (C=O) groups is 1. The molecule has 2 heteroatoms. The predicted molar refractivity (Wildman–Crippen MR) is 99.5 cm³/mol. The van der Waals surface area contributed by atoms with Gasteiger partial charge in [0.05, 0.1) is 0 Å². The Morgan fingerprint density at radius 2 is 1.61 bits per heavy atom. The summed E-state index contributed by atoms with van der Waals surface area (Å²) in [7, 11) is 0. The number of hydrogen-bond donors (Lipinski definition) is 0. The van der Waals surface area contributed by atoms with Crippen molar-refractivity contribution in [1.82, 2.24) is 0 Å². The first kappa shape index (κ1) is 17.8. The van der Waals surface area contributed by atoms with Gasteiger partial charge in [0.25, 0.3) is 0 Å². The Morgan fingerprint density at radius 3 is 2.30 bits per heavy atom. The van der Waals surface area contributed by atoms with Gasteiger partial charge in [-0.05, 0) is 37.1 Å². The summed E-state index contributed by atoms with van der Waals surface area (Å²) in [6, 6.07) is 16.4. The molecule has 0 amide bonds. The van der Waals surface area contributed by atoms with Gasteiger partial charge in [-0.3, -0.25) is 4.79 Å². The largest absolute Gasteiger partial charge is 0.294 e. The molecule has 0 saturated carbocycles. The van der Waals surface area contributed by atoms with Gasteiger partial charge in [0.2, 0.25) is 0 Å². The Balaban J connectivity index is 1.86. The van der Waals surface area contributed by atoms with Crippen LogP contribution in [0.3, 0.4) is 0 Å². The van der Waals surface area contributed by atoms with Crippen LogP contribution < -0.4 is 0 Å². The first-order chi connectivity index (χ1) is 11.2. The zero-order chi connectivity index (χ0) is 16.5. The third-order valence-electron chi connectivity index (χ3n) is 4.01. The van der Waals surface area contributed by atoms with E-state index in [0.717, 1.165) is 12.0 Å². The van der Waals surface area contributed by atoms with E-state index >= 15 is 0 Å². The van der Waals surface area contributed by atoms with Crippen molar-refractivity contribution < 1.29 is 4.79 Å². The summed E-state index contributed by atoms with van der Waals surface area (Å²) in [6.07, 6.45) is 6.62. The Hall–Kier alpha value is -1.54. The molecule has 0 aliphatic carbocycles. The van der Waals surface area contributed by atoms with Crippen LogP contribution in [0.4, 0.5) is 0 Å². The lowest BCUT2D eigenvalue weighted by molar-refractivity contribution is 0.0979. The first-order valence-electron chi connectivity index (χ1n) is 8.57. The van der Waals surface area contributed by atoms with Gasteiger partial charge in [0.15, 0.2) is 5.78 Å². The molecule has 0 fully saturated rings. The maximum Gasteiger partial charge on any atom is 0.162 e. The van der Waals surface area contributed by atoms with E-state index in [1.807, 2.05) is 12.1 Å². The van der Waals surface area contributed by atoms with Crippen molar-refractivity contribution in [1.29, 1.82) is 0 Å². The molecule has 0 bridgehead atoms. The van der Waals surface area contributed by atoms with Crippen molar-refractivity contribution in [3.8, 4) is 0 Å². The van der Waals surface area contributed by atoms with E-state index in [2.05, 4.69) is 50.2 Å². The number of benzene rings is 2. The minimum atomic E-state index is 0.272. The van der Waals surface area contributed by atoms with E-state index in [-0.39, 0.29) is 5.78 Å². The number of rotatable bonds is 9. The fourth-order valence-electron chi connectivity index (χ4n) is 2.54. The second kappa shape index (κ2) is 9.57. The first-order valence-corrected chi connectivity index (χ1v) is 9.39. The smallest absolute Gasteiger partial charge is 0.162 e. The standard InChI is InChI=1S/C21H26OS/c1-3-4-5-6-7-11-20(22)18-13-15-19(16-14-18)23-21-12-9-8-10-17(21)2/h8-10,12-16H,3-7,11H2,1-2H3. The van der Waals surface area contributed by atoms with Crippen molar-refractivity contribution in [3.63, 3.8) is 0 Å². The van der Waals surface area contributed by atoms with Crippen LogP contribution in [0.15, 0.2) is 58.3 Å². The molecule has 0 atom stereocenters. The molecule has 2 aromatic carbocycles. The summed E-state index contributed by atoms with van der Waals surface area (Å²) in [6.45, 7) is 4.33. The average molecular weight is 327 g/mol. The number of Topliss-reactive ketones (excluding diaryl/α,β-unsaturated/α-hetero) is 1. The summed E-state index contributed by atoms with van der Waals surface area (Å²) in [5, 5.41) is 0. The van der Waals surface area contributed by atoms with Crippen LogP contribution in [0.5, 0.6) is 0 Å². The van der Waals surface area contributed by atoms with Crippen LogP contribution in [-0.4, -0.2) is 5.78 Å². The van der Waals surface area contributed by atoms with Crippen LogP contribution in [0, 0.1) is 6.92 Å². The minimum absolute atomic E-state index is 0.272. The Kier molecular flexibility index (Phi) is 7.41. The predicted octanol–water partition coefficient (Wildman–Crippen LogP) is 6.69. The molecule has 0 aliphatic heterocycles. The second-order valence-corrected chi connectivity index (χ2v) is 7.09. The van der Waals surface area contributed by atoms with Crippen LogP contribution in [0.1, 0.15) is 61.4 Å². The van der Waals surface area contributed by atoms with Gasteiger partial charge in [0.1, 0.15) is 0 Å². The molecule has 0 radical (unpaired) electrons. The highest BCUT2D eigenvalue weighted by atomic mass is 32.2. The maximum absolute atomic E-state index is 12.2. The van der Waals surface area contributed by atoms with Crippen molar-refractivity contribution in [2.24, 2.45) is 0 Å². The number of carbonyl (C=O) groups excluding carboxylic acids is 1. The van der Waals surface area contributed by atoms with E-state index in [0.29, 0.717) is 6.42 Å². The van der Waals surface area contributed by atoms with Gasteiger partial charge in [-0.15, -0.1) is 0 Å². The molecule has 2 aromatic rings. The minimum Gasteiger partial charge on any atom is -0.294 e. The Bertz CT molecular complexity index is 616. The summed E-state index contributed by atoms with van der Waals surface area (Å²) in [5.41, 5.74) is 2.12. The Labute approximate surface area is 144 Å². The lowest BCUT2D eigenvalue weighted by Crippen LogP contribution is -1.98. The SMILES string of the molecule is CCCCCCCC(=O)c1ccc(Sc2ccccc2C)cc1. The Morgan fingerprint density at radius 1 is 0.913 bits per heavy atom. The van der Waals surface area contributed by atoms with Gasteiger partial charge in [-0.25, -0.2) is 0 Å². The third kappa shape index (κ3) is 5.87. The monoisotopic (exact) mass is 326 g/mol. The highest BCUT2D eigenvalue weighted by Gasteiger charge is 2.06. The molecular weight excluding hydrogens is 300 g/mol. The highest BCUT2D eigenvalue weighted by Crippen LogP contribution is 2.30. The van der Waals surface area contributed by atoms with Gasteiger partial charge >= 0.3 is 0 Å². The highest BCUT2D eigenvalue weighted by molar-refractivity contribution is 7.99. The van der Waals surface area contributed by atoms with Gasteiger partial charge in [-0.1, -0.05) is 74.7 Å². The maximum atomic E-state index is 12.2. The average Bonchev–Trinajstić information content (AvgIpc) is 2.57. The van der Waals surface area contributed by atoms with Crippen LogP contribution in [-0.2, 0) is 0 Å². The normalized spacial score (nSPS) is 10.7. The molecule has 0 aliphatic rings.